The van der Waals surface area contributed by atoms with Crippen LogP contribution in [0.3, 0.4) is 0 Å². The molecule has 2 rings (SSSR count). The minimum Gasteiger partial charge on any atom is -0.389 e. The van der Waals surface area contributed by atoms with Gasteiger partial charge in [0, 0.05) is 56.7 Å². The molecule has 1 saturated heterocycles. The SMILES string of the molecule is NCCCC[C@H](NC(=O)[C@H](Cc1cnc[nH]1)NC(=O)[C@@H]1CCCN1C(=O)[C@@H](CCCN)NC(=O)CNC(=O)[C@H](CCC(N)=O)NC(=O)[C@@H](NC(=O)[C@@H](N)CCCCN)[C@@H](O)CN)C(=O)CCC(CCCN=C(N)N)C(N)=O. The number of amides is 9. The molecule has 2 heterocycles. The second kappa shape index (κ2) is 36.2. The third-order valence-corrected chi connectivity index (χ3v) is 12.8. The van der Waals surface area contributed by atoms with Crippen molar-refractivity contribution in [3.8, 4) is 0 Å². The Labute approximate surface area is 447 Å². The Kier molecular flexibility index (Phi) is 31.2. The number of primary amides is 2. The molecule has 30 heteroatoms. The number of nitrogens with zero attached hydrogens (tertiary/aromatic N) is 3. The predicted molar refractivity (Wildman–Crippen MR) is 282 cm³/mol. The molecule has 1 aliphatic rings. The molecular weight excluding hydrogens is 1010 g/mol. The summed E-state index contributed by atoms with van der Waals surface area (Å²) in [6.07, 6.45) is 4.55. The van der Waals surface area contributed by atoms with Crippen molar-refractivity contribution >= 4 is 64.9 Å². The van der Waals surface area contributed by atoms with Crippen molar-refractivity contribution in [1.82, 2.24) is 46.8 Å². The van der Waals surface area contributed by atoms with E-state index in [4.69, 9.17) is 51.6 Å². The van der Waals surface area contributed by atoms with Crippen molar-refractivity contribution in [2.45, 2.75) is 158 Å². The van der Waals surface area contributed by atoms with Crippen LogP contribution < -0.4 is 83.5 Å². The standard InChI is InChI=1S/C47H85N19O11/c48-17-3-1-9-29(52)41(72)65-39(36(68)23-51)45(76)63-31(14-16-37(53)69)42(73)59-25-38(70)61-32(11-5-19-50)46(77)66-21-7-12-34(66)44(75)64-33(22-28-24-57-26-60-28)43(74)62-30(10-2-4-18-49)35(67)15-13-27(40(54)71)8-6-20-58-47(55)56/h24,26-27,29-34,36,39,68H,1-23,25,48-52H2,(H2,53,69)(H2,54,71)(H,57,60)(H,59,73)(H,61,70)(H,62,74)(H,63,76)(H,64,75)(H,65,72)(H4,55,56,58)/t27?,29-,30-,31-,32+,33-,34-,36-,39-/m0/s1. The van der Waals surface area contributed by atoms with Crippen molar-refractivity contribution < 1.29 is 53.1 Å². The topological polar surface area (TPSA) is 542 Å². The molecule has 1 aromatic rings. The molecule has 0 saturated carbocycles. The van der Waals surface area contributed by atoms with Crippen LogP contribution in [-0.4, -0.2) is 179 Å². The van der Waals surface area contributed by atoms with Crippen molar-refractivity contribution in [3.05, 3.63) is 18.2 Å². The first-order valence-corrected chi connectivity index (χ1v) is 26.1. The van der Waals surface area contributed by atoms with Crippen molar-refractivity contribution in [2.75, 3.05) is 45.8 Å². The average molecular weight is 1090 g/mol. The van der Waals surface area contributed by atoms with Gasteiger partial charge in [-0.25, -0.2) is 4.98 Å². The summed E-state index contributed by atoms with van der Waals surface area (Å²) in [7, 11) is 0. The summed E-state index contributed by atoms with van der Waals surface area (Å²) in [6.45, 7) is -0.0374. The fourth-order valence-electron chi connectivity index (χ4n) is 8.45. The number of nitrogens with one attached hydrogen (secondary N) is 7. The molecule has 26 N–H and O–H groups in total. The number of hydrogen-bond acceptors (Lipinski definition) is 18. The lowest BCUT2D eigenvalue weighted by atomic mass is 9.92. The van der Waals surface area contributed by atoms with Crippen molar-refractivity contribution in [2.24, 2.45) is 62.5 Å². The predicted octanol–water partition coefficient (Wildman–Crippen LogP) is -7.10. The molecule has 1 fully saturated rings. The van der Waals surface area contributed by atoms with Gasteiger partial charge in [-0.2, -0.15) is 0 Å². The Bertz CT molecular complexity index is 2090. The van der Waals surface area contributed by atoms with Gasteiger partial charge in [0.05, 0.1) is 31.1 Å². The zero-order chi connectivity index (χ0) is 57.5. The second-order valence-corrected chi connectivity index (χ2v) is 18.9. The number of rotatable bonds is 40. The van der Waals surface area contributed by atoms with E-state index in [-0.39, 0.29) is 89.2 Å². The number of carbonyl (C=O) groups is 10. The lowest BCUT2D eigenvalue weighted by Crippen LogP contribution is -2.61. The first-order valence-electron chi connectivity index (χ1n) is 26.1. The maximum absolute atomic E-state index is 14.3. The maximum Gasteiger partial charge on any atom is 0.245 e. The molecule has 9 amide bonds. The highest BCUT2D eigenvalue weighted by Crippen LogP contribution is 2.21. The molecule has 1 unspecified atom stereocenters. The van der Waals surface area contributed by atoms with Crippen LogP contribution in [-0.2, 0) is 54.4 Å². The van der Waals surface area contributed by atoms with Gasteiger partial charge < -0.3 is 98.5 Å². The number of carbonyl (C=O) groups excluding carboxylic acids is 10. The minimum atomic E-state index is -1.67. The van der Waals surface area contributed by atoms with Crippen LogP contribution in [0.15, 0.2) is 17.5 Å². The van der Waals surface area contributed by atoms with E-state index in [0.717, 1.165) is 0 Å². The normalized spacial score (nSPS) is 16.2. The minimum absolute atomic E-state index is 0.0208. The van der Waals surface area contributed by atoms with Gasteiger partial charge in [0.25, 0.3) is 0 Å². The summed E-state index contributed by atoms with van der Waals surface area (Å²) >= 11 is 0. The van der Waals surface area contributed by atoms with Gasteiger partial charge in [0.1, 0.15) is 30.2 Å². The van der Waals surface area contributed by atoms with Crippen LogP contribution in [0.1, 0.15) is 108 Å². The third kappa shape index (κ3) is 24.8. The van der Waals surface area contributed by atoms with Crippen LogP contribution in [0.2, 0.25) is 0 Å². The number of aromatic amines is 1. The molecule has 0 radical (unpaired) electrons. The lowest BCUT2D eigenvalue weighted by Gasteiger charge is -2.30. The summed E-state index contributed by atoms with van der Waals surface area (Å²) in [5.41, 5.74) is 50.8. The molecule has 30 nitrogen and oxygen atoms in total. The summed E-state index contributed by atoms with van der Waals surface area (Å²) in [4.78, 5) is 146. The Balaban J connectivity index is 2.25. The molecular formula is C47H85N19O11. The zero-order valence-electron chi connectivity index (χ0n) is 43.9. The van der Waals surface area contributed by atoms with E-state index in [1.165, 1.54) is 17.4 Å². The summed E-state index contributed by atoms with van der Waals surface area (Å²) < 4.78 is 0. The molecule has 0 spiro atoms. The van der Waals surface area contributed by atoms with Crippen LogP contribution >= 0.6 is 0 Å². The fourth-order valence-corrected chi connectivity index (χ4v) is 8.45. The van der Waals surface area contributed by atoms with Gasteiger partial charge in [0.2, 0.25) is 53.2 Å². The lowest BCUT2D eigenvalue weighted by molar-refractivity contribution is -0.142. The summed E-state index contributed by atoms with van der Waals surface area (Å²) in [5.74, 6) is -8.28. The van der Waals surface area contributed by atoms with Gasteiger partial charge in [-0.3, -0.25) is 52.9 Å². The number of likely N-dealkylation sites (tertiary alicyclic amines) is 1. The van der Waals surface area contributed by atoms with E-state index in [1.54, 1.807) is 0 Å². The zero-order valence-corrected chi connectivity index (χ0v) is 43.9. The number of hydrogen-bond donors (Lipinski definition) is 17. The number of unbranched alkanes of at least 4 members (excludes halogenated alkanes) is 2. The monoisotopic (exact) mass is 1090 g/mol. The van der Waals surface area contributed by atoms with E-state index in [9.17, 15) is 53.1 Å². The molecule has 0 aromatic carbocycles. The number of aliphatic hydroxyl groups excluding tert-OH is 1. The largest absolute Gasteiger partial charge is 0.389 e. The fraction of sp³-hybridized carbons (Fsp3) is 0.702. The smallest absolute Gasteiger partial charge is 0.245 e. The number of imidazole rings is 1. The van der Waals surface area contributed by atoms with Gasteiger partial charge >= 0.3 is 0 Å². The Morgan fingerprint density at radius 3 is 1.97 bits per heavy atom. The highest BCUT2D eigenvalue weighted by atomic mass is 16.3. The van der Waals surface area contributed by atoms with E-state index in [2.05, 4.69) is 46.9 Å². The van der Waals surface area contributed by atoms with Crippen LogP contribution in [0.5, 0.6) is 0 Å². The maximum atomic E-state index is 14.3. The quantitative estimate of drug-likeness (QED) is 0.0165. The van der Waals surface area contributed by atoms with Crippen LogP contribution in [0.25, 0.3) is 0 Å². The van der Waals surface area contributed by atoms with Crippen LogP contribution in [0, 0.1) is 5.92 Å². The van der Waals surface area contributed by atoms with E-state index in [0.29, 0.717) is 63.7 Å². The third-order valence-electron chi connectivity index (χ3n) is 12.8. The Hall–Kier alpha value is -6.86. The molecule has 1 aliphatic heterocycles. The Morgan fingerprint density at radius 2 is 1.36 bits per heavy atom. The highest BCUT2D eigenvalue weighted by molar-refractivity contribution is 5.98. The molecule has 9 atom stereocenters. The number of H-pyrrole nitrogens is 1. The van der Waals surface area contributed by atoms with Gasteiger partial charge in [-0.15, -0.1) is 0 Å². The van der Waals surface area contributed by atoms with Crippen molar-refractivity contribution in [1.29, 1.82) is 0 Å². The molecule has 0 bridgehead atoms. The first kappa shape index (κ1) is 66.3. The number of Topliss-reactive ketones (excluding diaryl/α,β-unsaturated/α-hetero) is 1. The number of aromatic nitrogens is 2. The van der Waals surface area contributed by atoms with E-state index >= 15 is 0 Å². The van der Waals surface area contributed by atoms with Gasteiger partial charge in [0.15, 0.2) is 11.7 Å². The van der Waals surface area contributed by atoms with Crippen LogP contribution in [0.4, 0.5) is 0 Å². The van der Waals surface area contributed by atoms with E-state index < -0.39 is 127 Å². The number of aliphatic hydroxyl groups is 1. The second-order valence-electron chi connectivity index (χ2n) is 18.9. The Morgan fingerprint density at radius 1 is 0.701 bits per heavy atom. The van der Waals surface area contributed by atoms with Crippen molar-refractivity contribution in [3.63, 3.8) is 0 Å². The molecule has 434 valence electrons. The first-order chi connectivity index (χ1) is 36.7. The van der Waals surface area contributed by atoms with Gasteiger partial charge in [-0.1, -0.05) is 6.42 Å². The summed E-state index contributed by atoms with van der Waals surface area (Å²) in [5, 5.41) is 25.7. The number of ketones is 1. The number of aliphatic imine (C=N–C) groups is 1. The highest BCUT2D eigenvalue weighted by Gasteiger charge is 2.40. The number of nitrogens with two attached hydrogens (primary N) is 9. The van der Waals surface area contributed by atoms with Gasteiger partial charge in [-0.05, 0) is 103 Å². The molecule has 77 heavy (non-hydrogen) atoms. The molecule has 1 aromatic heterocycles. The average Bonchev–Trinajstić information content (AvgIpc) is 4.11. The number of guanidine groups is 1. The molecule has 0 aliphatic carbocycles. The summed E-state index contributed by atoms with van der Waals surface area (Å²) in [6, 6.07) is -8.91. The van der Waals surface area contributed by atoms with E-state index in [1.807, 2.05) is 0 Å².